The lowest BCUT2D eigenvalue weighted by atomic mass is 10.2. The summed E-state index contributed by atoms with van der Waals surface area (Å²) in [6.45, 7) is 1.71. The van der Waals surface area contributed by atoms with Crippen LogP contribution in [0.2, 0.25) is 10.0 Å². The molecule has 1 N–H and O–H groups in total. The third-order valence-electron chi connectivity index (χ3n) is 2.26. The van der Waals surface area contributed by atoms with Gasteiger partial charge in [-0.05, 0) is 25.1 Å². The molecule has 0 radical (unpaired) electrons. The molecule has 4 nitrogen and oxygen atoms in total. The molecule has 0 spiro atoms. The molecule has 1 atom stereocenters. The van der Waals surface area contributed by atoms with Gasteiger partial charge in [-0.15, -0.1) is 0 Å². The Morgan fingerprint density at radius 2 is 2.00 bits per heavy atom. The van der Waals surface area contributed by atoms with E-state index in [1.165, 1.54) is 13.2 Å². The summed E-state index contributed by atoms with van der Waals surface area (Å²) in [6, 6.07) is 4.27. The Kier molecular flexibility index (Phi) is 5.44. The van der Waals surface area contributed by atoms with Crippen molar-refractivity contribution in [2.45, 2.75) is 19.4 Å². The predicted molar refractivity (Wildman–Crippen MR) is 70.0 cm³/mol. The number of rotatable bonds is 4. The molecule has 0 aliphatic carbocycles. The van der Waals surface area contributed by atoms with Crippen molar-refractivity contribution in [1.29, 1.82) is 0 Å². The number of amides is 1. The minimum atomic E-state index is -0.378. The van der Waals surface area contributed by atoms with Gasteiger partial charge in [0.1, 0.15) is 0 Å². The fourth-order valence-electron chi connectivity index (χ4n) is 1.33. The van der Waals surface area contributed by atoms with Gasteiger partial charge in [-0.25, -0.2) is 0 Å². The van der Waals surface area contributed by atoms with Gasteiger partial charge in [-0.2, -0.15) is 0 Å². The number of halogens is 2. The van der Waals surface area contributed by atoms with E-state index in [-0.39, 0.29) is 24.3 Å². The molecule has 0 aromatic heterocycles. The van der Waals surface area contributed by atoms with Gasteiger partial charge in [-0.1, -0.05) is 23.2 Å². The van der Waals surface area contributed by atoms with Crippen molar-refractivity contribution in [2.24, 2.45) is 0 Å². The quantitative estimate of drug-likeness (QED) is 0.867. The van der Waals surface area contributed by atoms with Crippen LogP contribution in [0.25, 0.3) is 0 Å². The summed E-state index contributed by atoms with van der Waals surface area (Å²) in [5.74, 6) is -0.693. The average Bonchev–Trinajstić information content (AvgIpc) is 2.32. The first-order chi connectivity index (χ1) is 8.43. The van der Waals surface area contributed by atoms with Crippen molar-refractivity contribution in [2.75, 3.05) is 7.11 Å². The Labute approximate surface area is 115 Å². The molecule has 0 saturated carbocycles. The van der Waals surface area contributed by atoms with Crippen LogP contribution >= 0.6 is 23.2 Å². The molecule has 0 aliphatic rings. The first kappa shape index (κ1) is 14.8. The van der Waals surface area contributed by atoms with E-state index < -0.39 is 0 Å². The van der Waals surface area contributed by atoms with E-state index in [0.29, 0.717) is 15.6 Å². The Bertz CT molecular complexity index is 463. The average molecular weight is 290 g/mol. The second-order valence-corrected chi connectivity index (χ2v) is 4.60. The highest BCUT2D eigenvalue weighted by molar-refractivity contribution is 6.42. The smallest absolute Gasteiger partial charge is 0.307 e. The maximum absolute atomic E-state index is 11.8. The van der Waals surface area contributed by atoms with E-state index in [1.54, 1.807) is 19.1 Å². The zero-order valence-corrected chi connectivity index (χ0v) is 11.5. The first-order valence-corrected chi connectivity index (χ1v) is 6.02. The lowest BCUT2D eigenvalue weighted by Crippen LogP contribution is -2.34. The standard InChI is InChI=1S/C12H13Cl2NO3/c1-7(5-11(16)18-2)15-12(17)8-3-4-9(13)10(14)6-8/h3-4,6-7H,5H2,1-2H3,(H,15,17). The van der Waals surface area contributed by atoms with Gasteiger partial charge in [0.05, 0.1) is 23.6 Å². The molecule has 0 aliphatic heterocycles. The van der Waals surface area contributed by atoms with Crippen molar-refractivity contribution in [3.63, 3.8) is 0 Å². The maximum atomic E-state index is 11.8. The Hall–Kier alpha value is -1.26. The van der Waals surface area contributed by atoms with Gasteiger partial charge in [-0.3, -0.25) is 9.59 Å². The molecule has 18 heavy (non-hydrogen) atoms. The highest BCUT2D eigenvalue weighted by Crippen LogP contribution is 2.22. The topological polar surface area (TPSA) is 55.4 Å². The minimum Gasteiger partial charge on any atom is -0.469 e. The summed E-state index contributed by atoms with van der Waals surface area (Å²) < 4.78 is 4.51. The van der Waals surface area contributed by atoms with Crippen molar-refractivity contribution < 1.29 is 14.3 Å². The molecule has 0 saturated heterocycles. The molecular formula is C12H13Cl2NO3. The molecule has 98 valence electrons. The van der Waals surface area contributed by atoms with E-state index in [9.17, 15) is 9.59 Å². The number of esters is 1. The van der Waals surface area contributed by atoms with Crippen LogP contribution in [0.1, 0.15) is 23.7 Å². The lowest BCUT2D eigenvalue weighted by molar-refractivity contribution is -0.141. The number of hydrogen-bond acceptors (Lipinski definition) is 3. The highest BCUT2D eigenvalue weighted by Gasteiger charge is 2.14. The summed E-state index contributed by atoms with van der Waals surface area (Å²) in [6.07, 6.45) is 0.115. The van der Waals surface area contributed by atoms with Crippen molar-refractivity contribution in [3.8, 4) is 0 Å². The molecule has 1 aromatic carbocycles. The van der Waals surface area contributed by atoms with Gasteiger partial charge >= 0.3 is 5.97 Å². The van der Waals surface area contributed by atoms with E-state index in [1.807, 2.05) is 0 Å². The molecule has 0 fully saturated rings. The molecular weight excluding hydrogens is 277 g/mol. The Morgan fingerprint density at radius 1 is 1.33 bits per heavy atom. The van der Waals surface area contributed by atoms with Crippen molar-refractivity contribution in [1.82, 2.24) is 5.32 Å². The highest BCUT2D eigenvalue weighted by atomic mass is 35.5. The van der Waals surface area contributed by atoms with Crippen LogP contribution in [0.3, 0.4) is 0 Å². The maximum Gasteiger partial charge on any atom is 0.307 e. The van der Waals surface area contributed by atoms with E-state index in [2.05, 4.69) is 10.1 Å². The van der Waals surface area contributed by atoms with Crippen LogP contribution in [0, 0.1) is 0 Å². The van der Waals surface area contributed by atoms with Crippen molar-refractivity contribution >= 4 is 35.1 Å². The summed E-state index contributed by atoms with van der Waals surface area (Å²) in [4.78, 5) is 22.9. The number of nitrogens with one attached hydrogen (secondary N) is 1. The van der Waals surface area contributed by atoms with Crippen molar-refractivity contribution in [3.05, 3.63) is 33.8 Å². The number of benzene rings is 1. The third kappa shape index (κ3) is 4.20. The van der Waals surface area contributed by atoms with Gasteiger partial charge in [0.2, 0.25) is 0 Å². The normalized spacial score (nSPS) is 11.8. The van der Waals surface area contributed by atoms with Gasteiger partial charge in [0.15, 0.2) is 0 Å². The number of methoxy groups -OCH3 is 1. The molecule has 1 amide bonds. The predicted octanol–water partition coefficient (Wildman–Crippen LogP) is 2.67. The molecule has 0 heterocycles. The monoisotopic (exact) mass is 289 g/mol. The third-order valence-corrected chi connectivity index (χ3v) is 3.00. The summed E-state index contributed by atoms with van der Waals surface area (Å²) >= 11 is 11.6. The van der Waals surface area contributed by atoms with E-state index in [0.717, 1.165) is 0 Å². The van der Waals surface area contributed by atoms with E-state index >= 15 is 0 Å². The fraction of sp³-hybridized carbons (Fsp3) is 0.333. The second kappa shape index (κ2) is 6.61. The van der Waals surface area contributed by atoms with Gasteiger partial charge in [0.25, 0.3) is 5.91 Å². The van der Waals surface area contributed by atoms with E-state index in [4.69, 9.17) is 23.2 Å². The molecule has 1 aromatic rings. The van der Waals surface area contributed by atoms with Crippen LogP contribution in [0.5, 0.6) is 0 Å². The van der Waals surface area contributed by atoms with Gasteiger partial charge < -0.3 is 10.1 Å². The van der Waals surface area contributed by atoms with Crippen LogP contribution in [0.15, 0.2) is 18.2 Å². The molecule has 0 bridgehead atoms. The lowest BCUT2D eigenvalue weighted by Gasteiger charge is -2.12. The number of carbonyl (C=O) groups excluding carboxylic acids is 2. The summed E-state index contributed by atoms with van der Waals surface area (Å²) in [5.41, 5.74) is 0.390. The Balaban J connectivity index is 2.64. The van der Waals surface area contributed by atoms with Crippen LogP contribution in [0.4, 0.5) is 0 Å². The molecule has 1 rings (SSSR count). The van der Waals surface area contributed by atoms with Crippen LogP contribution in [-0.4, -0.2) is 25.0 Å². The number of hydrogen-bond donors (Lipinski definition) is 1. The molecule has 1 unspecified atom stereocenters. The fourth-order valence-corrected chi connectivity index (χ4v) is 1.63. The Morgan fingerprint density at radius 3 is 2.56 bits per heavy atom. The second-order valence-electron chi connectivity index (χ2n) is 3.78. The zero-order chi connectivity index (χ0) is 13.7. The largest absolute Gasteiger partial charge is 0.469 e. The SMILES string of the molecule is COC(=O)CC(C)NC(=O)c1ccc(Cl)c(Cl)c1. The van der Waals surface area contributed by atoms with Crippen LogP contribution in [-0.2, 0) is 9.53 Å². The summed E-state index contributed by atoms with van der Waals surface area (Å²) in [7, 11) is 1.30. The zero-order valence-electron chi connectivity index (χ0n) is 10.00. The van der Waals surface area contributed by atoms with Crippen LogP contribution < -0.4 is 5.32 Å². The first-order valence-electron chi connectivity index (χ1n) is 5.26. The minimum absolute atomic E-state index is 0.115. The summed E-state index contributed by atoms with van der Waals surface area (Å²) in [5, 5.41) is 3.36. The molecule has 6 heteroatoms. The van der Waals surface area contributed by atoms with Gasteiger partial charge in [0, 0.05) is 11.6 Å². The number of carbonyl (C=O) groups is 2. The number of ether oxygens (including phenoxy) is 1.